The standard InChI is InChI=1S/C35H23NS/c1-37-31-17-9-8-10-22(31)21-18-19-29-30(20-21)36-35-33(29)28-16-7-6-15-27(28)32-25-13-4-2-11-23(25)24-12-3-5-14-26(24)34(32)35/h2-20,36H,1H3. The number of aromatic nitrogens is 1. The number of fused-ring (bicyclic) bond motifs is 13. The lowest BCUT2D eigenvalue weighted by Crippen LogP contribution is -1.87. The van der Waals surface area contributed by atoms with Gasteiger partial charge in [0.25, 0.3) is 0 Å². The third-order valence-electron chi connectivity index (χ3n) is 7.87. The van der Waals surface area contributed by atoms with Gasteiger partial charge in [-0.15, -0.1) is 11.8 Å². The topological polar surface area (TPSA) is 15.8 Å². The van der Waals surface area contributed by atoms with Crippen molar-refractivity contribution in [3.05, 3.63) is 115 Å². The normalized spacial score (nSPS) is 12.0. The highest BCUT2D eigenvalue weighted by atomic mass is 32.2. The van der Waals surface area contributed by atoms with Crippen LogP contribution in [-0.4, -0.2) is 11.2 Å². The monoisotopic (exact) mass is 489 g/mol. The number of thioether (sulfide) groups is 1. The van der Waals surface area contributed by atoms with E-state index in [2.05, 4.69) is 127 Å². The molecule has 0 spiro atoms. The van der Waals surface area contributed by atoms with E-state index in [-0.39, 0.29) is 0 Å². The number of benzene rings is 7. The van der Waals surface area contributed by atoms with Gasteiger partial charge in [-0.3, -0.25) is 0 Å². The Hall–Kier alpha value is -4.27. The van der Waals surface area contributed by atoms with Crippen molar-refractivity contribution in [3.63, 3.8) is 0 Å². The second kappa shape index (κ2) is 7.86. The molecule has 0 bridgehead atoms. The number of rotatable bonds is 2. The summed E-state index contributed by atoms with van der Waals surface area (Å²) in [5.41, 5.74) is 4.92. The van der Waals surface area contributed by atoms with E-state index in [4.69, 9.17) is 0 Å². The van der Waals surface area contributed by atoms with Crippen LogP contribution in [0.4, 0.5) is 0 Å². The SMILES string of the molecule is CSc1ccccc1-c1ccc2c(c1)[nH]c1c2c2ccccc2c2c3ccccc3c3ccccc3c12. The summed E-state index contributed by atoms with van der Waals surface area (Å²) in [7, 11) is 0. The van der Waals surface area contributed by atoms with Crippen molar-refractivity contribution in [3.8, 4) is 11.1 Å². The largest absolute Gasteiger partial charge is 0.354 e. The molecule has 0 unspecified atom stereocenters. The predicted molar refractivity (Wildman–Crippen MR) is 163 cm³/mol. The van der Waals surface area contributed by atoms with Crippen molar-refractivity contribution in [1.29, 1.82) is 0 Å². The van der Waals surface area contributed by atoms with Gasteiger partial charge in [-0.25, -0.2) is 0 Å². The van der Waals surface area contributed by atoms with Gasteiger partial charge in [-0.05, 0) is 61.8 Å². The van der Waals surface area contributed by atoms with E-state index in [9.17, 15) is 0 Å². The van der Waals surface area contributed by atoms with Gasteiger partial charge < -0.3 is 4.98 Å². The molecule has 1 aromatic heterocycles. The zero-order valence-corrected chi connectivity index (χ0v) is 21.2. The van der Waals surface area contributed by atoms with E-state index in [1.54, 1.807) is 11.8 Å². The number of H-pyrrole nitrogens is 1. The van der Waals surface area contributed by atoms with E-state index < -0.39 is 0 Å². The Balaban J connectivity index is 1.61. The third-order valence-corrected chi connectivity index (χ3v) is 8.66. The van der Waals surface area contributed by atoms with Crippen molar-refractivity contribution >= 4 is 76.7 Å². The van der Waals surface area contributed by atoms with Gasteiger partial charge >= 0.3 is 0 Å². The molecule has 8 rings (SSSR count). The fourth-order valence-electron chi connectivity index (χ4n) is 6.32. The lowest BCUT2D eigenvalue weighted by atomic mass is 9.89. The zero-order chi connectivity index (χ0) is 24.5. The van der Waals surface area contributed by atoms with Crippen LogP contribution in [0.5, 0.6) is 0 Å². The lowest BCUT2D eigenvalue weighted by Gasteiger charge is -2.14. The first-order valence-corrected chi connectivity index (χ1v) is 13.9. The van der Waals surface area contributed by atoms with Gasteiger partial charge in [0, 0.05) is 32.0 Å². The Kier molecular flexibility index (Phi) is 4.44. The Morgan fingerprint density at radius 3 is 1.70 bits per heavy atom. The summed E-state index contributed by atoms with van der Waals surface area (Å²) in [5.74, 6) is 0. The first kappa shape index (κ1) is 20.9. The number of hydrogen-bond donors (Lipinski definition) is 1. The van der Waals surface area contributed by atoms with Crippen LogP contribution in [0.2, 0.25) is 0 Å². The molecular formula is C35H23NS. The highest BCUT2D eigenvalue weighted by Crippen LogP contribution is 2.46. The highest BCUT2D eigenvalue weighted by Gasteiger charge is 2.19. The molecule has 0 radical (unpaired) electrons. The molecule has 8 aromatic rings. The minimum Gasteiger partial charge on any atom is -0.354 e. The first-order chi connectivity index (χ1) is 18.3. The van der Waals surface area contributed by atoms with Gasteiger partial charge in [0.1, 0.15) is 0 Å². The molecule has 0 atom stereocenters. The molecule has 0 fully saturated rings. The van der Waals surface area contributed by atoms with Gasteiger partial charge in [0.2, 0.25) is 0 Å². The van der Waals surface area contributed by atoms with Crippen LogP contribution in [0.25, 0.3) is 76.0 Å². The third kappa shape index (κ3) is 2.88. The van der Waals surface area contributed by atoms with Crippen LogP contribution in [0.3, 0.4) is 0 Å². The molecule has 0 aliphatic carbocycles. The lowest BCUT2D eigenvalue weighted by molar-refractivity contribution is 1.45. The maximum Gasteiger partial charge on any atom is 0.0557 e. The van der Waals surface area contributed by atoms with Gasteiger partial charge in [-0.2, -0.15) is 0 Å². The molecule has 0 saturated carbocycles. The Bertz CT molecular complexity index is 2180. The average Bonchev–Trinajstić information content (AvgIpc) is 3.36. The number of hydrogen-bond acceptors (Lipinski definition) is 1. The molecular weight excluding hydrogens is 466 g/mol. The summed E-state index contributed by atoms with van der Waals surface area (Å²) >= 11 is 1.80. The minimum absolute atomic E-state index is 1.18. The maximum atomic E-state index is 3.91. The van der Waals surface area contributed by atoms with Crippen LogP contribution in [0.15, 0.2) is 120 Å². The molecule has 2 heteroatoms. The summed E-state index contributed by atoms with van der Waals surface area (Å²) in [5, 5.41) is 13.0. The van der Waals surface area contributed by atoms with Crippen LogP contribution < -0.4 is 0 Å². The van der Waals surface area contributed by atoms with Crippen molar-refractivity contribution < 1.29 is 0 Å². The van der Waals surface area contributed by atoms with Crippen molar-refractivity contribution in [2.75, 3.05) is 6.26 Å². The number of aromatic amines is 1. The molecule has 0 aliphatic rings. The van der Waals surface area contributed by atoms with E-state index in [1.165, 1.54) is 80.9 Å². The van der Waals surface area contributed by atoms with Crippen LogP contribution in [0, 0.1) is 0 Å². The van der Waals surface area contributed by atoms with E-state index in [1.807, 2.05) is 0 Å². The van der Waals surface area contributed by atoms with Crippen molar-refractivity contribution in [1.82, 2.24) is 4.98 Å². The Labute approximate surface area is 218 Å². The second-order valence-electron chi connectivity index (χ2n) is 9.72. The first-order valence-electron chi connectivity index (χ1n) is 12.7. The van der Waals surface area contributed by atoms with Crippen molar-refractivity contribution in [2.45, 2.75) is 4.90 Å². The summed E-state index contributed by atoms with van der Waals surface area (Å²) in [6.45, 7) is 0. The molecule has 1 heterocycles. The van der Waals surface area contributed by atoms with Crippen LogP contribution in [-0.2, 0) is 0 Å². The fraction of sp³-hybridized carbons (Fsp3) is 0.0286. The summed E-state index contributed by atoms with van der Waals surface area (Å²) in [4.78, 5) is 5.21. The van der Waals surface area contributed by atoms with Gasteiger partial charge in [0.15, 0.2) is 0 Å². The van der Waals surface area contributed by atoms with E-state index >= 15 is 0 Å². The van der Waals surface area contributed by atoms with Crippen LogP contribution in [0.1, 0.15) is 0 Å². The molecule has 1 N–H and O–H groups in total. The molecule has 7 aromatic carbocycles. The molecule has 0 amide bonds. The molecule has 37 heavy (non-hydrogen) atoms. The average molecular weight is 490 g/mol. The molecule has 0 aliphatic heterocycles. The molecule has 1 nitrogen and oxygen atoms in total. The minimum atomic E-state index is 1.18. The van der Waals surface area contributed by atoms with E-state index in [0.717, 1.165) is 0 Å². The van der Waals surface area contributed by atoms with E-state index in [0.29, 0.717) is 0 Å². The summed E-state index contributed by atoms with van der Waals surface area (Å²) < 4.78 is 0. The Morgan fingerprint density at radius 2 is 1.03 bits per heavy atom. The zero-order valence-electron chi connectivity index (χ0n) is 20.4. The van der Waals surface area contributed by atoms with Gasteiger partial charge in [-0.1, -0.05) is 103 Å². The summed E-state index contributed by atoms with van der Waals surface area (Å²) in [6, 6.07) is 42.2. The molecule has 0 saturated heterocycles. The fourth-order valence-corrected chi connectivity index (χ4v) is 6.94. The maximum absolute atomic E-state index is 3.91. The smallest absolute Gasteiger partial charge is 0.0557 e. The Morgan fingerprint density at radius 1 is 0.486 bits per heavy atom. The second-order valence-corrected chi connectivity index (χ2v) is 10.6. The summed E-state index contributed by atoms with van der Waals surface area (Å²) in [6.07, 6.45) is 2.15. The quantitative estimate of drug-likeness (QED) is 0.189. The number of nitrogens with one attached hydrogen (secondary N) is 1. The molecule has 174 valence electrons. The van der Waals surface area contributed by atoms with Crippen molar-refractivity contribution in [2.24, 2.45) is 0 Å². The van der Waals surface area contributed by atoms with Crippen LogP contribution >= 0.6 is 11.8 Å². The van der Waals surface area contributed by atoms with Gasteiger partial charge in [0.05, 0.1) is 5.52 Å². The predicted octanol–water partition coefficient (Wildman–Crippen LogP) is 10.3. The highest BCUT2D eigenvalue weighted by molar-refractivity contribution is 7.98.